The van der Waals surface area contributed by atoms with Crippen LogP contribution in [0.4, 0.5) is 0 Å². The van der Waals surface area contributed by atoms with Gasteiger partial charge >= 0.3 is 0 Å². The van der Waals surface area contributed by atoms with Crippen molar-refractivity contribution in [2.75, 3.05) is 6.54 Å². The molecule has 3 rings (SSSR count). The molecule has 1 aromatic carbocycles. The lowest BCUT2D eigenvalue weighted by Gasteiger charge is -2.13. The van der Waals surface area contributed by atoms with Gasteiger partial charge in [-0.2, -0.15) is 0 Å². The van der Waals surface area contributed by atoms with Crippen LogP contribution in [0.15, 0.2) is 40.4 Å². The zero-order valence-electron chi connectivity index (χ0n) is 16.2. The first-order valence-electron chi connectivity index (χ1n) is 9.70. The second kappa shape index (κ2) is 9.40. The van der Waals surface area contributed by atoms with E-state index in [0.29, 0.717) is 13.0 Å². The third kappa shape index (κ3) is 5.71. The summed E-state index contributed by atoms with van der Waals surface area (Å²) in [5, 5.41) is 6.95. The van der Waals surface area contributed by atoms with Crippen molar-refractivity contribution in [2.45, 2.75) is 59.0 Å². The van der Waals surface area contributed by atoms with Gasteiger partial charge in [0.1, 0.15) is 18.1 Å². The molecule has 1 amide bonds. The minimum absolute atomic E-state index is 0.0656. The van der Waals surface area contributed by atoms with Gasteiger partial charge in [0.05, 0.1) is 17.7 Å². The highest BCUT2D eigenvalue weighted by Gasteiger charge is 2.10. The fourth-order valence-corrected chi connectivity index (χ4v) is 3.31. The van der Waals surface area contributed by atoms with Crippen molar-refractivity contribution < 1.29 is 14.1 Å². The number of carbonyl (C=O) groups excluding carboxylic acids is 1. The number of carbonyl (C=O) groups is 1. The molecule has 144 valence electrons. The second-order valence-electron chi connectivity index (χ2n) is 7.12. The Kier molecular flexibility index (Phi) is 6.69. The number of benzene rings is 1. The molecule has 5 nitrogen and oxygen atoms in total. The molecule has 0 radical (unpaired) electrons. The Morgan fingerprint density at radius 3 is 2.70 bits per heavy atom. The molecule has 1 heterocycles. The minimum Gasteiger partial charge on any atom is -0.489 e. The zero-order valence-corrected chi connectivity index (χ0v) is 16.2. The van der Waals surface area contributed by atoms with Crippen LogP contribution < -0.4 is 10.1 Å². The Labute approximate surface area is 160 Å². The van der Waals surface area contributed by atoms with E-state index in [9.17, 15) is 4.79 Å². The molecule has 0 aliphatic heterocycles. The van der Waals surface area contributed by atoms with Crippen molar-refractivity contribution >= 4 is 5.91 Å². The summed E-state index contributed by atoms with van der Waals surface area (Å²) in [6.45, 7) is 4.94. The number of hydrogen-bond acceptors (Lipinski definition) is 4. The normalized spacial score (nSPS) is 13.9. The largest absolute Gasteiger partial charge is 0.489 e. The minimum atomic E-state index is 0.0656. The van der Waals surface area contributed by atoms with Gasteiger partial charge in [-0.1, -0.05) is 28.9 Å². The topological polar surface area (TPSA) is 64.4 Å². The lowest BCUT2D eigenvalue weighted by molar-refractivity contribution is -0.120. The van der Waals surface area contributed by atoms with Gasteiger partial charge in [-0.05, 0) is 63.6 Å². The van der Waals surface area contributed by atoms with E-state index in [1.807, 2.05) is 38.1 Å². The number of aryl methyl sites for hydroxylation is 2. The van der Waals surface area contributed by atoms with Crippen LogP contribution in [0.5, 0.6) is 5.75 Å². The molecule has 27 heavy (non-hydrogen) atoms. The van der Waals surface area contributed by atoms with Crippen molar-refractivity contribution in [1.82, 2.24) is 10.5 Å². The van der Waals surface area contributed by atoms with Crippen molar-refractivity contribution in [3.63, 3.8) is 0 Å². The number of rotatable bonds is 8. The van der Waals surface area contributed by atoms with Gasteiger partial charge < -0.3 is 14.6 Å². The first-order valence-corrected chi connectivity index (χ1v) is 9.70. The Morgan fingerprint density at radius 2 is 2.04 bits per heavy atom. The average molecular weight is 368 g/mol. The number of ether oxygens (including phenoxy) is 1. The molecule has 1 N–H and O–H groups in total. The SMILES string of the molecule is Cc1noc(C)c1COc1ccc(CC(=O)NCCC2=CCCCC2)cc1. The van der Waals surface area contributed by atoms with Gasteiger partial charge in [-0.25, -0.2) is 0 Å². The van der Waals surface area contributed by atoms with Gasteiger partial charge in [0.2, 0.25) is 5.91 Å². The average Bonchev–Trinajstić information content (AvgIpc) is 3.00. The molecular formula is C22H28N2O3. The molecule has 1 aliphatic carbocycles. The van der Waals surface area contributed by atoms with E-state index in [4.69, 9.17) is 9.26 Å². The van der Waals surface area contributed by atoms with Crippen molar-refractivity contribution in [3.05, 3.63) is 58.5 Å². The molecule has 0 saturated heterocycles. The van der Waals surface area contributed by atoms with Crippen molar-refractivity contribution in [2.24, 2.45) is 0 Å². The molecule has 0 atom stereocenters. The van der Waals surface area contributed by atoms with Crippen molar-refractivity contribution in [1.29, 1.82) is 0 Å². The predicted molar refractivity (Wildman–Crippen MR) is 105 cm³/mol. The van der Waals surface area contributed by atoms with E-state index >= 15 is 0 Å². The van der Waals surface area contributed by atoms with E-state index in [2.05, 4.69) is 16.5 Å². The third-order valence-corrected chi connectivity index (χ3v) is 5.01. The van der Waals surface area contributed by atoms with Gasteiger partial charge in [-0.3, -0.25) is 4.79 Å². The molecule has 0 fully saturated rings. The first-order chi connectivity index (χ1) is 13.1. The molecule has 1 aliphatic rings. The summed E-state index contributed by atoms with van der Waals surface area (Å²) in [7, 11) is 0. The first kappa shape index (κ1) is 19.2. The number of hydrogen-bond donors (Lipinski definition) is 1. The lowest BCUT2D eigenvalue weighted by Crippen LogP contribution is -2.26. The van der Waals surface area contributed by atoms with Gasteiger partial charge in [0, 0.05) is 6.54 Å². The standard InChI is InChI=1S/C22H28N2O3/c1-16-21(17(2)27-24-16)15-26-20-10-8-19(9-11-20)14-22(25)23-13-12-18-6-4-3-5-7-18/h6,8-11H,3-5,7,12-15H2,1-2H3,(H,23,25). The fourth-order valence-electron chi connectivity index (χ4n) is 3.31. The lowest BCUT2D eigenvalue weighted by atomic mass is 9.97. The maximum atomic E-state index is 12.1. The highest BCUT2D eigenvalue weighted by molar-refractivity contribution is 5.78. The van der Waals surface area contributed by atoms with Gasteiger partial charge in [-0.15, -0.1) is 0 Å². The van der Waals surface area contributed by atoms with E-state index < -0.39 is 0 Å². The maximum absolute atomic E-state index is 12.1. The zero-order chi connectivity index (χ0) is 19.1. The van der Waals surface area contributed by atoms with Gasteiger partial charge in [0.15, 0.2) is 0 Å². The third-order valence-electron chi connectivity index (χ3n) is 5.01. The van der Waals surface area contributed by atoms with E-state index in [0.717, 1.165) is 41.3 Å². The summed E-state index contributed by atoms with van der Waals surface area (Å²) in [5.41, 5.74) is 4.30. The van der Waals surface area contributed by atoms with E-state index in [-0.39, 0.29) is 5.91 Å². The Morgan fingerprint density at radius 1 is 1.22 bits per heavy atom. The molecule has 0 spiro atoms. The fraction of sp³-hybridized carbons (Fsp3) is 0.455. The number of nitrogens with zero attached hydrogens (tertiary/aromatic N) is 1. The maximum Gasteiger partial charge on any atom is 0.224 e. The van der Waals surface area contributed by atoms with E-state index in [1.165, 1.54) is 31.3 Å². The highest BCUT2D eigenvalue weighted by Crippen LogP contribution is 2.20. The highest BCUT2D eigenvalue weighted by atomic mass is 16.5. The van der Waals surface area contributed by atoms with Crippen LogP contribution in [-0.4, -0.2) is 17.6 Å². The molecule has 5 heteroatoms. The summed E-state index contributed by atoms with van der Waals surface area (Å²) in [6.07, 6.45) is 8.65. The Balaban J connectivity index is 1.41. The van der Waals surface area contributed by atoms with Gasteiger partial charge in [0.25, 0.3) is 0 Å². The molecule has 0 saturated carbocycles. The van der Waals surface area contributed by atoms with Crippen LogP contribution in [-0.2, 0) is 17.8 Å². The molecule has 1 aromatic heterocycles. The molecule has 2 aromatic rings. The Bertz CT molecular complexity index is 771. The summed E-state index contributed by atoms with van der Waals surface area (Å²) in [5.74, 6) is 1.61. The second-order valence-corrected chi connectivity index (χ2v) is 7.12. The van der Waals surface area contributed by atoms with Crippen molar-refractivity contribution in [3.8, 4) is 5.75 Å². The summed E-state index contributed by atoms with van der Waals surface area (Å²) in [4.78, 5) is 12.1. The number of amides is 1. The number of aromatic nitrogens is 1. The summed E-state index contributed by atoms with van der Waals surface area (Å²) in [6, 6.07) is 7.67. The molecule has 0 unspecified atom stereocenters. The van der Waals surface area contributed by atoms with Crippen LogP contribution in [0.2, 0.25) is 0 Å². The summed E-state index contributed by atoms with van der Waals surface area (Å²) >= 11 is 0. The quantitative estimate of drug-likeness (QED) is 0.701. The van der Waals surface area contributed by atoms with Crippen LogP contribution in [0, 0.1) is 13.8 Å². The van der Waals surface area contributed by atoms with Crippen LogP contribution >= 0.6 is 0 Å². The number of nitrogens with one attached hydrogen (secondary N) is 1. The monoisotopic (exact) mass is 368 g/mol. The summed E-state index contributed by atoms with van der Waals surface area (Å²) < 4.78 is 10.9. The van der Waals surface area contributed by atoms with Crippen LogP contribution in [0.3, 0.4) is 0 Å². The van der Waals surface area contributed by atoms with Crippen LogP contribution in [0.1, 0.15) is 54.7 Å². The van der Waals surface area contributed by atoms with E-state index in [1.54, 1.807) is 0 Å². The molecular weight excluding hydrogens is 340 g/mol. The predicted octanol–water partition coefficient (Wildman–Crippen LogP) is 4.42. The molecule has 0 bridgehead atoms. The Hall–Kier alpha value is -2.56. The smallest absolute Gasteiger partial charge is 0.224 e. The van der Waals surface area contributed by atoms with Crippen LogP contribution in [0.25, 0.3) is 0 Å². The number of allylic oxidation sites excluding steroid dienone is 1.